The van der Waals surface area contributed by atoms with Crippen molar-refractivity contribution in [2.75, 3.05) is 5.32 Å². The summed E-state index contributed by atoms with van der Waals surface area (Å²) in [7, 11) is 0. The van der Waals surface area contributed by atoms with E-state index in [0.717, 1.165) is 17.5 Å². The van der Waals surface area contributed by atoms with Gasteiger partial charge in [0.05, 0.1) is 4.88 Å². The topological polar surface area (TPSA) is 29.1 Å². The molecule has 0 bridgehead atoms. The third-order valence-electron chi connectivity index (χ3n) is 3.69. The molecule has 22 heavy (non-hydrogen) atoms. The molecule has 0 spiro atoms. The van der Waals surface area contributed by atoms with Gasteiger partial charge in [-0.05, 0) is 66.0 Å². The lowest BCUT2D eigenvalue weighted by Gasteiger charge is -2.19. The number of aryl methyl sites for hydroxylation is 1. The van der Waals surface area contributed by atoms with Crippen LogP contribution < -0.4 is 5.32 Å². The van der Waals surface area contributed by atoms with Gasteiger partial charge in [-0.15, -0.1) is 11.3 Å². The molecule has 0 fully saturated rings. The first-order valence-electron chi connectivity index (χ1n) is 7.53. The second kappa shape index (κ2) is 7.05. The number of amides is 1. The molecule has 1 atom stereocenters. The molecular formula is C18H22FNOS. The van der Waals surface area contributed by atoms with E-state index in [4.69, 9.17) is 0 Å². The number of rotatable bonds is 5. The fourth-order valence-corrected chi connectivity index (χ4v) is 3.49. The maximum absolute atomic E-state index is 13.6. The van der Waals surface area contributed by atoms with Gasteiger partial charge in [-0.1, -0.05) is 20.8 Å². The summed E-state index contributed by atoms with van der Waals surface area (Å²) in [6.45, 7) is 8.27. The quantitative estimate of drug-likeness (QED) is 0.764. The lowest BCUT2D eigenvalue weighted by Crippen LogP contribution is -2.14. The Hall–Kier alpha value is -1.68. The highest BCUT2D eigenvalue weighted by atomic mass is 32.1. The van der Waals surface area contributed by atoms with Crippen LogP contribution in [0.2, 0.25) is 0 Å². The molecule has 2 aromatic rings. The third-order valence-corrected chi connectivity index (χ3v) is 4.70. The van der Waals surface area contributed by atoms with Crippen LogP contribution in [-0.4, -0.2) is 5.91 Å². The Morgan fingerprint density at radius 1 is 1.27 bits per heavy atom. The summed E-state index contributed by atoms with van der Waals surface area (Å²) < 4.78 is 13.6. The molecule has 1 unspecified atom stereocenters. The summed E-state index contributed by atoms with van der Waals surface area (Å²) in [4.78, 5) is 13.1. The lowest BCUT2D eigenvalue weighted by atomic mass is 9.90. The van der Waals surface area contributed by atoms with Crippen LogP contribution in [0.5, 0.6) is 0 Å². The minimum atomic E-state index is -0.268. The number of thiophene rings is 1. The third kappa shape index (κ3) is 3.95. The molecule has 0 aliphatic carbocycles. The highest BCUT2D eigenvalue weighted by Crippen LogP contribution is 2.31. The van der Waals surface area contributed by atoms with Gasteiger partial charge in [0.2, 0.25) is 0 Å². The Kier molecular flexibility index (Phi) is 5.35. The van der Waals surface area contributed by atoms with Crippen molar-refractivity contribution in [2.45, 2.75) is 40.0 Å². The van der Waals surface area contributed by atoms with Gasteiger partial charge in [0, 0.05) is 5.69 Å². The van der Waals surface area contributed by atoms with Crippen LogP contribution in [0.1, 0.15) is 53.9 Å². The van der Waals surface area contributed by atoms with Crippen molar-refractivity contribution in [3.63, 3.8) is 0 Å². The first-order chi connectivity index (χ1) is 10.4. The second-order valence-electron chi connectivity index (χ2n) is 6.15. The summed E-state index contributed by atoms with van der Waals surface area (Å²) in [5, 5.41) is 4.84. The summed E-state index contributed by atoms with van der Waals surface area (Å²) in [6.07, 6.45) is 0.949. The van der Waals surface area contributed by atoms with Gasteiger partial charge in [0.25, 0.3) is 5.91 Å². The fourth-order valence-electron chi connectivity index (χ4n) is 2.67. The van der Waals surface area contributed by atoms with E-state index in [-0.39, 0.29) is 17.6 Å². The van der Waals surface area contributed by atoms with E-state index >= 15 is 0 Å². The number of hydrogen-bond donors (Lipinski definition) is 1. The highest BCUT2D eigenvalue weighted by Gasteiger charge is 2.17. The van der Waals surface area contributed by atoms with Crippen molar-refractivity contribution in [3.8, 4) is 0 Å². The van der Waals surface area contributed by atoms with Gasteiger partial charge in [0.15, 0.2) is 0 Å². The highest BCUT2D eigenvalue weighted by molar-refractivity contribution is 7.12. The van der Waals surface area contributed by atoms with Crippen LogP contribution in [0.3, 0.4) is 0 Å². The maximum Gasteiger partial charge on any atom is 0.266 e. The van der Waals surface area contributed by atoms with E-state index in [1.54, 1.807) is 6.07 Å². The van der Waals surface area contributed by atoms with E-state index in [1.165, 1.54) is 23.5 Å². The molecule has 0 saturated heterocycles. The number of anilines is 1. The lowest BCUT2D eigenvalue weighted by molar-refractivity contribution is 0.103. The van der Waals surface area contributed by atoms with Crippen LogP contribution in [0.4, 0.5) is 10.1 Å². The molecule has 1 amide bonds. The Labute approximate surface area is 135 Å². The zero-order chi connectivity index (χ0) is 16.3. The Bertz CT molecular complexity index is 663. The SMILES string of the molecule is Cc1ccsc1C(=O)Nc1ccc(F)cc1C(C)CC(C)C. The molecule has 1 aromatic carbocycles. The molecule has 2 nitrogen and oxygen atoms in total. The summed E-state index contributed by atoms with van der Waals surface area (Å²) in [6, 6.07) is 6.50. The van der Waals surface area contributed by atoms with Gasteiger partial charge in [0.1, 0.15) is 5.82 Å². The minimum Gasteiger partial charge on any atom is -0.321 e. The molecule has 1 N–H and O–H groups in total. The Morgan fingerprint density at radius 3 is 2.59 bits per heavy atom. The smallest absolute Gasteiger partial charge is 0.266 e. The van der Waals surface area contributed by atoms with Gasteiger partial charge >= 0.3 is 0 Å². The van der Waals surface area contributed by atoms with Crippen molar-refractivity contribution in [3.05, 3.63) is 51.5 Å². The van der Waals surface area contributed by atoms with E-state index in [0.29, 0.717) is 16.5 Å². The van der Waals surface area contributed by atoms with Gasteiger partial charge in [-0.25, -0.2) is 4.39 Å². The number of nitrogens with one attached hydrogen (secondary N) is 1. The molecule has 2 rings (SSSR count). The Balaban J connectivity index is 2.27. The zero-order valence-corrected chi connectivity index (χ0v) is 14.3. The molecule has 4 heteroatoms. The molecule has 0 aliphatic heterocycles. The molecule has 0 radical (unpaired) electrons. The fraction of sp³-hybridized carbons (Fsp3) is 0.389. The van der Waals surface area contributed by atoms with Crippen LogP contribution in [-0.2, 0) is 0 Å². The summed E-state index contributed by atoms with van der Waals surface area (Å²) in [5.74, 6) is 0.310. The normalized spacial score (nSPS) is 12.5. The van der Waals surface area contributed by atoms with E-state index in [9.17, 15) is 9.18 Å². The first-order valence-corrected chi connectivity index (χ1v) is 8.41. The van der Waals surface area contributed by atoms with E-state index < -0.39 is 0 Å². The average Bonchev–Trinajstić information content (AvgIpc) is 2.86. The maximum atomic E-state index is 13.6. The Morgan fingerprint density at radius 2 is 2.00 bits per heavy atom. The predicted octanol–water partition coefficient (Wildman–Crippen LogP) is 5.60. The largest absolute Gasteiger partial charge is 0.321 e. The molecule has 0 saturated carbocycles. The van der Waals surface area contributed by atoms with Crippen molar-refractivity contribution >= 4 is 22.9 Å². The molecule has 1 aromatic heterocycles. The second-order valence-corrected chi connectivity index (χ2v) is 7.07. The van der Waals surface area contributed by atoms with Crippen LogP contribution in [0.25, 0.3) is 0 Å². The molecular weight excluding hydrogens is 297 g/mol. The van der Waals surface area contributed by atoms with Crippen LogP contribution >= 0.6 is 11.3 Å². The number of carbonyl (C=O) groups is 1. The minimum absolute atomic E-state index is 0.128. The first kappa shape index (κ1) is 16.7. The number of halogens is 1. The molecule has 0 aliphatic rings. The summed E-state index contributed by atoms with van der Waals surface area (Å²) >= 11 is 1.42. The van der Waals surface area contributed by atoms with Crippen molar-refractivity contribution in [1.29, 1.82) is 0 Å². The van der Waals surface area contributed by atoms with E-state index in [2.05, 4.69) is 26.1 Å². The predicted molar refractivity (Wildman–Crippen MR) is 91.3 cm³/mol. The monoisotopic (exact) mass is 319 g/mol. The van der Waals surface area contributed by atoms with Gasteiger partial charge in [-0.2, -0.15) is 0 Å². The van der Waals surface area contributed by atoms with E-state index in [1.807, 2.05) is 18.4 Å². The van der Waals surface area contributed by atoms with Crippen molar-refractivity contribution in [1.82, 2.24) is 0 Å². The van der Waals surface area contributed by atoms with Crippen LogP contribution in [0.15, 0.2) is 29.6 Å². The average molecular weight is 319 g/mol. The van der Waals surface area contributed by atoms with Crippen molar-refractivity contribution in [2.24, 2.45) is 5.92 Å². The molecule has 1 heterocycles. The zero-order valence-electron chi connectivity index (χ0n) is 13.4. The number of hydrogen-bond acceptors (Lipinski definition) is 2. The molecule has 118 valence electrons. The van der Waals surface area contributed by atoms with Gasteiger partial charge < -0.3 is 5.32 Å². The number of benzene rings is 1. The van der Waals surface area contributed by atoms with Crippen molar-refractivity contribution < 1.29 is 9.18 Å². The van der Waals surface area contributed by atoms with Crippen LogP contribution in [0, 0.1) is 18.7 Å². The standard InChI is InChI=1S/C18H22FNOS/c1-11(2)9-13(4)15-10-14(19)5-6-16(15)20-18(21)17-12(3)7-8-22-17/h5-8,10-11,13H,9H2,1-4H3,(H,20,21). The number of carbonyl (C=O) groups excluding carboxylic acids is 1. The summed E-state index contributed by atoms with van der Waals surface area (Å²) in [5.41, 5.74) is 2.52. The van der Waals surface area contributed by atoms with Gasteiger partial charge in [-0.3, -0.25) is 4.79 Å².